The number of rotatable bonds is 5. The molecule has 1 N–H and O–H groups in total. The van der Waals surface area contributed by atoms with E-state index in [0.717, 1.165) is 16.7 Å². The molecule has 0 bridgehead atoms. The molecule has 0 aliphatic rings. The SMILES string of the molecule is CCc1cc(S(=O)(=O)Nc2cc(C)cc(C)c2)ccc1OC. The van der Waals surface area contributed by atoms with Crippen LogP contribution in [0.2, 0.25) is 0 Å². The van der Waals surface area contributed by atoms with Crippen molar-refractivity contribution in [2.24, 2.45) is 0 Å². The number of methoxy groups -OCH3 is 1. The summed E-state index contributed by atoms with van der Waals surface area (Å²) in [6.45, 7) is 5.84. The molecule has 0 aliphatic carbocycles. The normalized spacial score (nSPS) is 11.3. The van der Waals surface area contributed by atoms with Crippen LogP contribution in [0.4, 0.5) is 5.69 Å². The molecular weight excluding hydrogens is 298 g/mol. The summed E-state index contributed by atoms with van der Waals surface area (Å²) in [5, 5.41) is 0. The molecule has 0 aliphatic heterocycles. The highest BCUT2D eigenvalue weighted by molar-refractivity contribution is 7.92. The molecule has 0 aromatic heterocycles. The number of sulfonamides is 1. The van der Waals surface area contributed by atoms with Crippen LogP contribution in [0.15, 0.2) is 41.3 Å². The summed E-state index contributed by atoms with van der Waals surface area (Å²) in [4.78, 5) is 0.240. The van der Waals surface area contributed by atoms with Gasteiger partial charge in [0.15, 0.2) is 0 Å². The van der Waals surface area contributed by atoms with Crippen LogP contribution in [0.25, 0.3) is 0 Å². The van der Waals surface area contributed by atoms with Crippen LogP contribution in [0.5, 0.6) is 5.75 Å². The van der Waals surface area contributed by atoms with Crippen LogP contribution >= 0.6 is 0 Å². The number of nitrogens with one attached hydrogen (secondary N) is 1. The first-order valence-corrected chi connectivity index (χ1v) is 8.62. The van der Waals surface area contributed by atoms with Crippen molar-refractivity contribution in [3.63, 3.8) is 0 Å². The van der Waals surface area contributed by atoms with Gasteiger partial charge in [-0.2, -0.15) is 0 Å². The fraction of sp³-hybridized carbons (Fsp3) is 0.294. The molecule has 0 fully saturated rings. The van der Waals surface area contributed by atoms with Gasteiger partial charge in [0.1, 0.15) is 5.75 Å². The van der Waals surface area contributed by atoms with Gasteiger partial charge in [-0.3, -0.25) is 4.72 Å². The van der Waals surface area contributed by atoms with Gasteiger partial charge in [-0.25, -0.2) is 8.42 Å². The first-order chi connectivity index (χ1) is 10.4. The number of hydrogen-bond acceptors (Lipinski definition) is 3. The topological polar surface area (TPSA) is 55.4 Å². The highest BCUT2D eigenvalue weighted by atomic mass is 32.2. The van der Waals surface area contributed by atoms with Gasteiger partial charge < -0.3 is 4.74 Å². The Morgan fingerprint density at radius 1 is 1.05 bits per heavy atom. The van der Waals surface area contributed by atoms with Gasteiger partial charge in [0.05, 0.1) is 12.0 Å². The van der Waals surface area contributed by atoms with Crippen molar-refractivity contribution in [2.75, 3.05) is 11.8 Å². The largest absolute Gasteiger partial charge is 0.496 e. The Kier molecular flexibility index (Phi) is 4.76. The first kappa shape index (κ1) is 16.4. The molecule has 0 heterocycles. The Bertz CT molecular complexity index is 762. The van der Waals surface area contributed by atoms with E-state index in [1.807, 2.05) is 39.0 Å². The van der Waals surface area contributed by atoms with Crippen molar-refractivity contribution in [3.05, 3.63) is 53.1 Å². The average Bonchev–Trinajstić information content (AvgIpc) is 2.44. The zero-order valence-corrected chi connectivity index (χ0v) is 14.1. The maximum Gasteiger partial charge on any atom is 0.261 e. The molecule has 0 unspecified atom stereocenters. The van der Waals surface area contributed by atoms with E-state index < -0.39 is 10.0 Å². The summed E-state index contributed by atoms with van der Waals surface area (Å²) in [5.41, 5.74) is 3.47. The highest BCUT2D eigenvalue weighted by Gasteiger charge is 2.16. The standard InChI is InChI=1S/C17H21NO3S/c1-5-14-11-16(6-7-17(14)21-4)22(19,20)18-15-9-12(2)8-13(3)10-15/h6-11,18H,5H2,1-4H3. The van der Waals surface area contributed by atoms with Crippen LogP contribution < -0.4 is 9.46 Å². The third-order valence-electron chi connectivity index (χ3n) is 3.42. The second-order valence-electron chi connectivity index (χ2n) is 5.31. The fourth-order valence-corrected chi connectivity index (χ4v) is 3.54. The van der Waals surface area contributed by atoms with E-state index >= 15 is 0 Å². The molecule has 0 spiro atoms. The van der Waals surface area contributed by atoms with Gasteiger partial charge in [0.2, 0.25) is 0 Å². The summed E-state index contributed by atoms with van der Waals surface area (Å²) in [6.07, 6.45) is 0.704. The summed E-state index contributed by atoms with van der Waals surface area (Å²) in [6, 6.07) is 10.5. The number of benzene rings is 2. The molecule has 0 atom stereocenters. The lowest BCUT2D eigenvalue weighted by molar-refractivity contribution is 0.409. The van der Waals surface area contributed by atoms with Gasteiger partial charge in [-0.05, 0) is 67.3 Å². The van der Waals surface area contributed by atoms with E-state index in [9.17, 15) is 8.42 Å². The molecule has 22 heavy (non-hydrogen) atoms. The van der Waals surface area contributed by atoms with E-state index in [-0.39, 0.29) is 4.90 Å². The van der Waals surface area contributed by atoms with E-state index in [0.29, 0.717) is 17.9 Å². The Balaban J connectivity index is 2.38. The molecule has 2 aromatic carbocycles. The molecule has 118 valence electrons. The second kappa shape index (κ2) is 6.40. The summed E-state index contributed by atoms with van der Waals surface area (Å²) >= 11 is 0. The van der Waals surface area contributed by atoms with Crippen molar-refractivity contribution >= 4 is 15.7 Å². The third-order valence-corrected chi connectivity index (χ3v) is 4.80. The maximum atomic E-state index is 12.5. The Morgan fingerprint density at radius 2 is 1.68 bits per heavy atom. The number of aryl methyl sites for hydroxylation is 3. The van der Waals surface area contributed by atoms with Crippen molar-refractivity contribution in [3.8, 4) is 5.75 Å². The van der Waals surface area contributed by atoms with Crippen molar-refractivity contribution < 1.29 is 13.2 Å². The molecule has 5 heteroatoms. The minimum absolute atomic E-state index is 0.240. The number of anilines is 1. The maximum absolute atomic E-state index is 12.5. The van der Waals surface area contributed by atoms with Gasteiger partial charge in [-0.1, -0.05) is 13.0 Å². The van der Waals surface area contributed by atoms with Crippen LogP contribution in [0.3, 0.4) is 0 Å². The zero-order chi connectivity index (χ0) is 16.3. The van der Waals surface area contributed by atoms with Crippen LogP contribution in [-0.2, 0) is 16.4 Å². The van der Waals surface area contributed by atoms with E-state index in [2.05, 4.69) is 4.72 Å². The average molecular weight is 319 g/mol. The van der Waals surface area contributed by atoms with Crippen LogP contribution in [0.1, 0.15) is 23.6 Å². The summed E-state index contributed by atoms with van der Waals surface area (Å²) < 4.78 is 33.0. The predicted octanol–water partition coefficient (Wildman–Crippen LogP) is 3.68. The van der Waals surface area contributed by atoms with E-state index in [4.69, 9.17) is 4.74 Å². The lowest BCUT2D eigenvalue weighted by atomic mass is 10.1. The minimum Gasteiger partial charge on any atom is -0.496 e. The van der Waals surface area contributed by atoms with Crippen molar-refractivity contribution in [1.82, 2.24) is 0 Å². The quantitative estimate of drug-likeness (QED) is 0.914. The fourth-order valence-electron chi connectivity index (χ4n) is 2.45. The monoisotopic (exact) mass is 319 g/mol. The third kappa shape index (κ3) is 3.60. The molecule has 0 radical (unpaired) electrons. The molecular formula is C17H21NO3S. The summed E-state index contributed by atoms with van der Waals surface area (Å²) in [5.74, 6) is 0.702. The zero-order valence-electron chi connectivity index (χ0n) is 13.3. The molecule has 0 amide bonds. The molecule has 2 rings (SSSR count). The van der Waals surface area contributed by atoms with E-state index in [1.165, 1.54) is 0 Å². The van der Waals surface area contributed by atoms with Crippen molar-refractivity contribution in [2.45, 2.75) is 32.1 Å². The smallest absolute Gasteiger partial charge is 0.261 e. The Morgan fingerprint density at radius 3 is 2.23 bits per heavy atom. The lowest BCUT2D eigenvalue weighted by Gasteiger charge is -2.12. The van der Waals surface area contributed by atoms with Gasteiger partial charge in [0.25, 0.3) is 10.0 Å². The number of hydrogen-bond donors (Lipinski definition) is 1. The van der Waals surface area contributed by atoms with Gasteiger partial charge in [-0.15, -0.1) is 0 Å². The Hall–Kier alpha value is -2.01. The molecule has 0 saturated carbocycles. The van der Waals surface area contributed by atoms with Crippen LogP contribution in [0, 0.1) is 13.8 Å². The highest BCUT2D eigenvalue weighted by Crippen LogP contribution is 2.25. The van der Waals surface area contributed by atoms with Crippen LogP contribution in [-0.4, -0.2) is 15.5 Å². The lowest BCUT2D eigenvalue weighted by Crippen LogP contribution is -2.13. The van der Waals surface area contributed by atoms with E-state index in [1.54, 1.807) is 25.3 Å². The van der Waals surface area contributed by atoms with Crippen molar-refractivity contribution in [1.29, 1.82) is 0 Å². The predicted molar refractivity (Wildman–Crippen MR) is 89.1 cm³/mol. The molecule has 0 saturated heterocycles. The second-order valence-corrected chi connectivity index (χ2v) is 6.99. The van der Waals surface area contributed by atoms with Gasteiger partial charge in [0, 0.05) is 5.69 Å². The summed E-state index contributed by atoms with van der Waals surface area (Å²) in [7, 11) is -2.03. The number of ether oxygens (including phenoxy) is 1. The molecule has 4 nitrogen and oxygen atoms in total. The minimum atomic E-state index is -3.61. The molecule has 2 aromatic rings. The first-order valence-electron chi connectivity index (χ1n) is 7.13. The van der Waals surface area contributed by atoms with Gasteiger partial charge >= 0.3 is 0 Å². The Labute approximate surface area is 132 Å².